The lowest BCUT2D eigenvalue weighted by molar-refractivity contribution is 0.199. The Bertz CT molecular complexity index is 1190. The van der Waals surface area contributed by atoms with E-state index in [2.05, 4.69) is 15.6 Å². The fraction of sp³-hybridized carbons (Fsp3) is 0.182. The SMILES string of the molecule is COc1ccccc1-c1n[nH]c(=S)n1NCc1ccc(-c2ccc([C@@H](C)O)cc2)o1. The standard InChI is InChI=1S/C22H22N4O3S/c1-14(27)15-7-9-16(10-8-15)19-12-11-17(29-19)13-23-26-21(24-25-22(26)30)18-5-3-4-6-20(18)28-2/h3-12,14,23,27H,13H2,1-2H3,(H,25,30)/t14-/m1/s1. The van der Waals surface area contributed by atoms with E-state index in [1.165, 1.54) is 0 Å². The Morgan fingerprint density at radius 1 is 1.17 bits per heavy atom. The normalized spacial score (nSPS) is 12.0. The van der Waals surface area contributed by atoms with E-state index >= 15 is 0 Å². The number of methoxy groups -OCH3 is 1. The summed E-state index contributed by atoms with van der Waals surface area (Å²) in [5.41, 5.74) is 5.88. The molecule has 0 spiro atoms. The molecular formula is C22H22N4O3S. The first-order chi connectivity index (χ1) is 14.6. The Labute approximate surface area is 178 Å². The van der Waals surface area contributed by atoms with E-state index in [0.29, 0.717) is 22.9 Å². The van der Waals surface area contributed by atoms with Gasteiger partial charge in [-0.1, -0.05) is 36.4 Å². The first-order valence-corrected chi connectivity index (χ1v) is 9.89. The molecule has 0 bridgehead atoms. The molecule has 2 aromatic heterocycles. The quantitative estimate of drug-likeness (QED) is 0.375. The molecule has 2 heterocycles. The van der Waals surface area contributed by atoms with Crippen molar-refractivity contribution in [2.45, 2.75) is 19.6 Å². The second-order valence-electron chi connectivity index (χ2n) is 6.79. The van der Waals surface area contributed by atoms with Gasteiger partial charge >= 0.3 is 0 Å². The summed E-state index contributed by atoms with van der Waals surface area (Å²) in [4.78, 5) is 0. The van der Waals surface area contributed by atoms with Crippen molar-refractivity contribution in [1.29, 1.82) is 0 Å². The van der Waals surface area contributed by atoms with Crippen LogP contribution in [0.15, 0.2) is 65.1 Å². The first kappa shape index (κ1) is 19.9. The van der Waals surface area contributed by atoms with E-state index in [-0.39, 0.29) is 0 Å². The van der Waals surface area contributed by atoms with Crippen molar-refractivity contribution in [3.63, 3.8) is 0 Å². The van der Waals surface area contributed by atoms with Crippen LogP contribution in [0.3, 0.4) is 0 Å². The van der Waals surface area contributed by atoms with Gasteiger partial charge in [0, 0.05) is 5.56 Å². The number of hydrogen-bond donors (Lipinski definition) is 3. The molecule has 0 aliphatic heterocycles. The van der Waals surface area contributed by atoms with Crippen molar-refractivity contribution < 1.29 is 14.3 Å². The lowest BCUT2D eigenvalue weighted by Crippen LogP contribution is -2.15. The Kier molecular flexibility index (Phi) is 5.69. The highest BCUT2D eigenvalue weighted by Gasteiger charge is 2.14. The second-order valence-corrected chi connectivity index (χ2v) is 7.17. The monoisotopic (exact) mass is 422 g/mol. The van der Waals surface area contributed by atoms with Gasteiger partial charge < -0.3 is 19.7 Å². The van der Waals surface area contributed by atoms with Gasteiger partial charge in [0.1, 0.15) is 17.3 Å². The summed E-state index contributed by atoms with van der Waals surface area (Å²) in [5.74, 6) is 2.83. The minimum atomic E-state index is -0.493. The van der Waals surface area contributed by atoms with Crippen LogP contribution >= 0.6 is 12.2 Å². The third-order valence-corrected chi connectivity index (χ3v) is 5.04. The summed E-state index contributed by atoms with van der Waals surface area (Å²) in [7, 11) is 1.62. The number of aliphatic hydroxyl groups is 1. The maximum absolute atomic E-state index is 9.65. The third-order valence-electron chi connectivity index (χ3n) is 4.77. The number of furan rings is 1. The number of aromatic nitrogens is 3. The number of aliphatic hydroxyl groups excluding tert-OH is 1. The van der Waals surface area contributed by atoms with Gasteiger partial charge in [-0.25, -0.2) is 9.77 Å². The van der Waals surface area contributed by atoms with Gasteiger partial charge in [-0.05, 0) is 49.0 Å². The number of hydrogen-bond acceptors (Lipinski definition) is 6. The highest BCUT2D eigenvalue weighted by molar-refractivity contribution is 7.71. The van der Waals surface area contributed by atoms with E-state index < -0.39 is 6.10 Å². The Balaban J connectivity index is 1.53. The molecule has 0 aliphatic carbocycles. The number of benzene rings is 2. The van der Waals surface area contributed by atoms with Crippen molar-refractivity contribution in [1.82, 2.24) is 14.9 Å². The summed E-state index contributed by atoms with van der Waals surface area (Å²) in [6.07, 6.45) is -0.493. The molecule has 3 N–H and O–H groups in total. The molecule has 0 aliphatic rings. The molecule has 0 saturated heterocycles. The van der Waals surface area contributed by atoms with Crippen molar-refractivity contribution in [2.24, 2.45) is 0 Å². The van der Waals surface area contributed by atoms with Crippen LogP contribution in [0.4, 0.5) is 0 Å². The molecular weight excluding hydrogens is 400 g/mol. The minimum absolute atomic E-state index is 0.418. The van der Waals surface area contributed by atoms with E-state index in [4.69, 9.17) is 21.4 Å². The smallest absolute Gasteiger partial charge is 0.214 e. The molecule has 4 aromatic rings. The molecule has 0 unspecified atom stereocenters. The average Bonchev–Trinajstić information content (AvgIpc) is 3.39. The Morgan fingerprint density at radius 3 is 2.67 bits per heavy atom. The van der Waals surface area contributed by atoms with Gasteiger partial charge in [-0.2, -0.15) is 5.10 Å². The first-order valence-electron chi connectivity index (χ1n) is 9.48. The molecule has 1 atom stereocenters. The number of para-hydroxylation sites is 1. The zero-order chi connectivity index (χ0) is 21.1. The number of aromatic amines is 1. The van der Waals surface area contributed by atoms with Crippen LogP contribution in [0.2, 0.25) is 0 Å². The predicted molar refractivity (Wildman–Crippen MR) is 117 cm³/mol. The van der Waals surface area contributed by atoms with E-state index in [9.17, 15) is 5.11 Å². The number of nitrogens with zero attached hydrogens (tertiary/aromatic N) is 2. The van der Waals surface area contributed by atoms with Gasteiger partial charge in [0.25, 0.3) is 0 Å². The maximum atomic E-state index is 9.65. The number of nitrogens with one attached hydrogen (secondary N) is 2. The third kappa shape index (κ3) is 4.00. The molecule has 7 nitrogen and oxygen atoms in total. The van der Waals surface area contributed by atoms with Crippen LogP contribution in [0.25, 0.3) is 22.7 Å². The minimum Gasteiger partial charge on any atom is -0.496 e. The van der Waals surface area contributed by atoms with E-state index in [0.717, 1.165) is 28.2 Å². The van der Waals surface area contributed by atoms with E-state index in [1.807, 2.05) is 60.7 Å². The summed E-state index contributed by atoms with van der Waals surface area (Å²) in [6.45, 7) is 2.16. The summed E-state index contributed by atoms with van der Waals surface area (Å²) < 4.78 is 13.6. The molecule has 0 saturated carbocycles. The maximum Gasteiger partial charge on any atom is 0.214 e. The van der Waals surface area contributed by atoms with Gasteiger partial charge in [-0.3, -0.25) is 0 Å². The largest absolute Gasteiger partial charge is 0.496 e. The van der Waals surface area contributed by atoms with Crippen molar-refractivity contribution >= 4 is 12.2 Å². The summed E-state index contributed by atoms with van der Waals surface area (Å²) >= 11 is 5.37. The van der Waals surface area contributed by atoms with Crippen LogP contribution < -0.4 is 10.2 Å². The van der Waals surface area contributed by atoms with Crippen molar-refractivity contribution in [3.8, 4) is 28.5 Å². The van der Waals surface area contributed by atoms with Crippen LogP contribution in [0.5, 0.6) is 5.75 Å². The average molecular weight is 423 g/mol. The fourth-order valence-corrected chi connectivity index (χ4v) is 3.36. The van der Waals surface area contributed by atoms with Gasteiger partial charge in [-0.15, -0.1) is 0 Å². The molecule has 8 heteroatoms. The van der Waals surface area contributed by atoms with Gasteiger partial charge in [0.15, 0.2) is 5.82 Å². The fourth-order valence-electron chi connectivity index (χ4n) is 3.16. The predicted octanol–water partition coefficient (Wildman–Crippen LogP) is 4.67. The zero-order valence-electron chi connectivity index (χ0n) is 16.6. The molecule has 154 valence electrons. The van der Waals surface area contributed by atoms with Crippen molar-refractivity contribution in [2.75, 3.05) is 12.5 Å². The Hall–Kier alpha value is -3.36. The molecule has 4 rings (SSSR count). The van der Waals surface area contributed by atoms with Crippen molar-refractivity contribution in [3.05, 3.63) is 76.8 Å². The van der Waals surface area contributed by atoms with Crippen LogP contribution in [-0.4, -0.2) is 27.1 Å². The number of rotatable bonds is 7. The molecule has 30 heavy (non-hydrogen) atoms. The van der Waals surface area contributed by atoms with Crippen LogP contribution in [0.1, 0.15) is 24.4 Å². The van der Waals surface area contributed by atoms with Crippen LogP contribution in [-0.2, 0) is 6.54 Å². The molecule has 0 radical (unpaired) electrons. The number of ether oxygens (including phenoxy) is 1. The lowest BCUT2D eigenvalue weighted by atomic mass is 10.1. The van der Waals surface area contributed by atoms with Crippen LogP contribution in [0, 0.1) is 4.77 Å². The highest BCUT2D eigenvalue weighted by Crippen LogP contribution is 2.28. The molecule has 0 amide bonds. The topological polar surface area (TPSA) is 88.2 Å². The van der Waals surface area contributed by atoms with E-state index in [1.54, 1.807) is 18.7 Å². The van der Waals surface area contributed by atoms with Gasteiger partial charge in [0.05, 0.1) is 25.3 Å². The zero-order valence-corrected chi connectivity index (χ0v) is 17.4. The number of H-pyrrole nitrogens is 1. The summed E-state index contributed by atoms with van der Waals surface area (Å²) in [6, 6.07) is 19.1. The second kappa shape index (κ2) is 8.56. The highest BCUT2D eigenvalue weighted by atomic mass is 32.1. The lowest BCUT2D eigenvalue weighted by Gasteiger charge is -2.11. The Morgan fingerprint density at radius 2 is 1.93 bits per heavy atom. The molecule has 2 aromatic carbocycles. The summed E-state index contributed by atoms with van der Waals surface area (Å²) in [5, 5.41) is 16.8. The molecule has 0 fully saturated rings. The van der Waals surface area contributed by atoms with Gasteiger partial charge in [0.2, 0.25) is 4.77 Å².